The number of para-hydroxylation sites is 1. The number of nitrogens with one attached hydrogen (secondary N) is 1. The van der Waals surface area contributed by atoms with Crippen molar-refractivity contribution in [1.29, 1.82) is 0 Å². The summed E-state index contributed by atoms with van der Waals surface area (Å²) in [7, 11) is 0. The molecule has 0 atom stereocenters. The highest BCUT2D eigenvalue weighted by Gasteiger charge is 2.41. The lowest BCUT2D eigenvalue weighted by Crippen LogP contribution is -2.33. The van der Waals surface area contributed by atoms with E-state index in [0.717, 1.165) is 23.4 Å². The molecule has 0 radical (unpaired) electrons. The van der Waals surface area contributed by atoms with Crippen molar-refractivity contribution in [1.82, 2.24) is 15.1 Å². The van der Waals surface area contributed by atoms with E-state index in [1.54, 1.807) is 32.4 Å². The normalized spacial score (nSPS) is 14.0. The van der Waals surface area contributed by atoms with Gasteiger partial charge in [-0.2, -0.15) is 5.10 Å². The molecule has 43 heavy (non-hydrogen) atoms. The van der Waals surface area contributed by atoms with E-state index in [9.17, 15) is 9.59 Å². The summed E-state index contributed by atoms with van der Waals surface area (Å²) in [6.07, 6.45) is 2.16. The maximum absolute atomic E-state index is 13.7. The molecule has 8 heteroatoms. The highest BCUT2D eigenvalue weighted by atomic mass is 16.5. The second-order valence-corrected chi connectivity index (χ2v) is 11.8. The van der Waals surface area contributed by atoms with Crippen LogP contribution in [0.15, 0.2) is 83.3 Å². The zero-order chi connectivity index (χ0) is 31.3. The summed E-state index contributed by atoms with van der Waals surface area (Å²) >= 11 is 0. The fourth-order valence-electron chi connectivity index (χ4n) is 5.06. The molecule has 0 fully saturated rings. The van der Waals surface area contributed by atoms with Crippen LogP contribution >= 0.6 is 0 Å². The second-order valence-electron chi connectivity index (χ2n) is 11.8. The van der Waals surface area contributed by atoms with Crippen molar-refractivity contribution in [3.63, 3.8) is 0 Å². The van der Waals surface area contributed by atoms with Gasteiger partial charge in [0.2, 0.25) is 0 Å². The molecule has 0 saturated heterocycles. The number of nitrogens with zero attached hydrogens (tertiary/aromatic N) is 2. The molecule has 0 aliphatic carbocycles. The van der Waals surface area contributed by atoms with E-state index in [-0.39, 0.29) is 12.2 Å². The smallest absolute Gasteiger partial charge is 0.337 e. The minimum atomic E-state index is -0.784. The molecule has 1 aliphatic rings. The van der Waals surface area contributed by atoms with E-state index in [2.05, 4.69) is 19.2 Å². The van der Waals surface area contributed by atoms with Gasteiger partial charge in [0, 0.05) is 28.7 Å². The Balaban J connectivity index is 1.91. The third kappa shape index (κ3) is 7.55. The van der Waals surface area contributed by atoms with Gasteiger partial charge in [0.25, 0.3) is 0 Å². The van der Waals surface area contributed by atoms with Crippen LogP contribution in [0.25, 0.3) is 16.9 Å². The van der Waals surface area contributed by atoms with Gasteiger partial charge in [-0.25, -0.2) is 14.3 Å². The van der Waals surface area contributed by atoms with Crippen molar-refractivity contribution in [2.75, 3.05) is 6.61 Å². The van der Waals surface area contributed by atoms with Gasteiger partial charge in [-0.05, 0) is 90.3 Å². The fraction of sp³-hybridized carbons (Fsp3) is 0.400. The monoisotopic (exact) mass is 585 g/mol. The number of aromatic nitrogens is 2. The molecule has 3 aromatic rings. The number of esters is 2. The van der Waals surface area contributed by atoms with Gasteiger partial charge < -0.3 is 19.5 Å². The molecule has 1 aliphatic heterocycles. The highest BCUT2D eigenvalue weighted by molar-refractivity contribution is 6.00. The number of ether oxygens (including phenoxy) is 3. The fourth-order valence-corrected chi connectivity index (χ4v) is 5.06. The summed E-state index contributed by atoms with van der Waals surface area (Å²) in [5, 5.41) is 8.24. The number of dihydropyridines is 1. The summed E-state index contributed by atoms with van der Waals surface area (Å²) in [5.41, 5.74) is 4.90. The molecular formula is C35H43N3O5. The van der Waals surface area contributed by atoms with Gasteiger partial charge >= 0.3 is 11.9 Å². The minimum absolute atomic E-state index is 0.345. The van der Waals surface area contributed by atoms with E-state index in [1.165, 1.54) is 0 Å². The first-order chi connectivity index (χ1) is 20.5. The van der Waals surface area contributed by atoms with Crippen molar-refractivity contribution in [3.05, 3.63) is 88.9 Å². The lowest BCUT2D eigenvalue weighted by molar-refractivity contribution is -0.143. The van der Waals surface area contributed by atoms with Crippen LogP contribution in [-0.4, -0.2) is 40.5 Å². The summed E-state index contributed by atoms with van der Waals surface area (Å²) < 4.78 is 19.2. The number of carbonyl (C=O) groups is 2. The molecule has 228 valence electrons. The summed E-state index contributed by atoms with van der Waals surface area (Å²) in [5.74, 6) is -0.466. The SMILES string of the molecule is CC1=C(C(=O)OC(C)C)C(c2cn(-c3ccccc3)nc2-c2ccc(OCCC(C)C)cc2)C(C(=O)OC(C)C)=C(C)N1. The summed E-state index contributed by atoms with van der Waals surface area (Å²) in [4.78, 5) is 27.4. The number of carbonyl (C=O) groups excluding carboxylic acids is 2. The first-order valence-electron chi connectivity index (χ1n) is 14.9. The molecule has 2 aromatic carbocycles. The number of hydrogen-bond acceptors (Lipinski definition) is 7. The standard InChI is InChI=1S/C35H43N3O5/c1-21(2)18-19-41-28-16-14-26(15-17-28)33-29(20-38(37-33)27-12-10-9-11-13-27)32-30(34(39)42-22(3)4)24(7)36-25(8)31(32)35(40)43-23(5)6/h9-17,20-23,32,36H,18-19H2,1-8H3. The predicted molar refractivity (Wildman–Crippen MR) is 168 cm³/mol. The van der Waals surface area contributed by atoms with Crippen LogP contribution in [-0.2, 0) is 19.1 Å². The highest BCUT2D eigenvalue weighted by Crippen LogP contribution is 2.43. The zero-order valence-corrected chi connectivity index (χ0v) is 26.4. The van der Waals surface area contributed by atoms with Crippen LogP contribution in [0.1, 0.15) is 73.3 Å². The van der Waals surface area contributed by atoms with Gasteiger partial charge in [0.05, 0.1) is 47.3 Å². The maximum atomic E-state index is 13.7. The van der Waals surface area contributed by atoms with Gasteiger partial charge in [-0.15, -0.1) is 0 Å². The Morgan fingerprint density at radius 3 is 1.91 bits per heavy atom. The summed E-state index contributed by atoms with van der Waals surface area (Å²) in [6.45, 7) is 15.8. The van der Waals surface area contributed by atoms with E-state index in [1.807, 2.05) is 74.6 Å². The molecule has 1 N–H and O–H groups in total. The average molecular weight is 586 g/mol. The second kappa shape index (κ2) is 13.8. The number of rotatable bonds is 11. The summed E-state index contributed by atoms with van der Waals surface area (Å²) in [6, 6.07) is 17.5. The third-order valence-electron chi connectivity index (χ3n) is 7.05. The van der Waals surface area contributed by atoms with Crippen molar-refractivity contribution in [3.8, 4) is 22.7 Å². The lowest BCUT2D eigenvalue weighted by Gasteiger charge is -2.31. The third-order valence-corrected chi connectivity index (χ3v) is 7.05. The number of hydrogen-bond donors (Lipinski definition) is 1. The molecule has 4 rings (SSSR count). The van der Waals surface area contributed by atoms with E-state index in [0.29, 0.717) is 46.3 Å². The van der Waals surface area contributed by atoms with Crippen LogP contribution in [0, 0.1) is 5.92 Å². The van der Waals surface area contributed by atoms with Crippen LogP contribution in [0.2, 0.25) is 0 Å². The number of allylic oxidation sites excluding steroid dienone is 2. The topological polar surface area (TPSA) is 91.7 Å². The van der Waals surface area contributed by atoms with Crippen LogP contribution in [0.3, 0.4) is 0 Å². The van der Waals surface area contributed by atoms with Crippen molar-refractivity contribution < 1.29 is 23.8 Å². The Hall–Kier alpha value is -4.33. The average Bonchev–Trinajstić information content (AvgIpc) is 3.37. The van der Waals surface area contributed by atoms with Crippen LogP contribution in [0.4, 0.5) is 0 Å². The Morgan fingerprint density at radius 2 is 1.40 bits per heavy atom. The Morgan fingerprint density at radius 1 is 0.837 bits per heavy atom. The molecule has 0 bridgehead atoms. The Bertz CT molecular complexity index is 1450. The predicted octanol–water partition coefficient (Wildman–Crippen LogP) is 7.10. The number of benzene rings is 2. The first kappa shape index (κ1) is 31.6. The van der Waals surface area contributed by atoms with E-state index >= 15 is 0 Å². The molecule has 1 aromatic heterocycles. The van der Waals surface area contributed by atoms with Crippen LogP contribution in [0.5, 0.6) is 5.75 Å². The molecule has 0 unspecified atom stereocenters. The quantitative estimate of drug-likeness (QED) is 0.240. The van der Waals surface area contributed by atoms with Gasteiger partial charge in [-0.3, -0.25) is 0 Å². The van der Waals surface area contributed by atoms with Crippen LogP contribution < -0.4 is 10.1 Å². The minimum Gasteiger partial charge on any atom is -0.494 e. The maximum Gasteiger partial charge on any atom is 0.337 e. The van der Waals surface area contributed by atoms with Gasteiger partial charge in [0.1, 0.15) is 5.75 Å². The van der Waals surface area contributed by atoms with E-state index in [4.69, 9.17) is 19.3 Å². The zero-order valence-electron chi connectivity index (χ0n) is 26.4. The Kier molecular flexibility index (Phi) is 10.1. The molecule has 0 saturated carbocycles. The molecule has 0 amide bonds. The molecular weight excluding hydrogens is 542 g/mol. The molecule has 2 heterocycles. The Labute approximate surface area is 254 Å². The van der Waals surface area contributed by atoms with Gasteiger partial charge in [0.15, 0.2) is 0 Å². The molecule has 8 nitrogen and oxygen atoms in total. The first-order valence-corrected chi connectivity index (χ1v) is 14.9. The molecule has 0 spiro atoms. The van der Waals surface area contributed by atoms with Crippen molar-refractivity contribution >= 4 is 11.9 Å². The lowest BCUT2D eigenvalue weighted by atomic mass is 9.79. The van der Waals surface area contributed by atoms with E-state index < -0.39 is 17.9 Å². The van der Waals surface area contributed by atoms with Crippen molar-refractivity contribution in [2.24, 2.45) is 5.92 Å². The van der Waals surface area contributed by atoms with Gasteiger partial charge in [-0.1, -0.05) is 32.0 Å². The van der Waals surface area contributed by atoms with Crippen molar-refractivity contribution in [2.45, 2.75) is 79.9 Å². The largest absolute Gasteiger partial charge is 0.494 e.